The minimum atomic E-state index is -0.604. The second kappa shape index (κ2) is 6.90. The number of nitrogens with two attached hydrogens (primary N) is 1. The average molecular weight is 333 g/mol. The molecule has 3 amide bonds. The minimum Gasteiger partial charge on any atom is -0.444 e. The third-order valence-corrected chi connectivity index (χ3v) is 3.66. The van der Waals surface area contributed by atoms with Crippen LogP contribution in [0, 0.1) is 5.92 Å². The van der Waals surface area contributed by atoms with E-state index in [1.54, 1.807) is 45.0 Å². The smallest absolute Gasteiger partial charge is 0.410 e. The number of nitrogens with zero attached hydrogens (tertiary/aromatic N) is 1. The number of benzene rings is 1. The van der Waals surface area contributed by atoms with Crippen LogP contribution < -0.4 is 11.1 Å². The number of ether oxygens (including phenoxy) is 1. The molecule has 1 unspecified atom stereocenters. The Kier molecular flexibility index (Phi) is 5.11. The fraction of sp³-hybridized carbons (Fsp3) is 0.471. The third kappa shape index (κ3) is 4.47. The van der Waals surface area contributed by atoms with Crippen LogP contribution in [-0.4, -0.2) is 41.5 Å². The SMILES string of the molecule is CC(C)(C)OC(=O)N1CCC(C(=O)Nc2ccccc2C(N)=O)C1. The molecule has 1 aromatic carbocycles. The van der Waals surface area contributed by atoms with Crippen LogP contribution in [0.5, 0.6) is 0 Å². The van der Waals surface area contributed by atoms with Crippen LogP contribution in [0.15, 0.2) is 24.3 Å². The van der Waals surface area contributed by atoms with Crippen molar-refractivity contribution in [2.45, 2.75) is 32.8 Å². The van der Waals surface area contributed by atoms with Crippen molar-refractivity contribution in [2.24, 2.45) is 11.7 Å². The highest BCUT2D eigenvalue weighted by Gasteiger charge is 2.33. The summed E-state index contributed by atoms with van der Waals surface area (Å²) in [4.78, 5) is 37.4. The summed E-state index contributed by atoms with van der Waals surface area (Å²) >= 11 is 0. The van der Waals surface area contributed by atoms with E-state index in [1.807, 2.05) is 0 Å². The molecule has 0 radical (unpaired) electrons. The fourth-order valence-electron chi connectivity index (χ4n) is 2.51. The third-order valence-electron chi connectivity index (χ3n) is 3.66. The second-order valence-electron chi connectivity index (χ2n) is 6.81. The van der Waals surface area contributed by atoms with Crippen LogP contribution in [0.1, 0.15) is 37.6 Å². The summed E-state index contributed by atoms with van der Waals surface area (Å²) in [6.07, 6.45) is 0.124. The second-order valence-corrected chi connectivity index (χ2v) is 6.81. The lowest BCUT2D eigenvalue weighted by Gasteiger charge is -2.24. The van der Waals surface area contributed by atoms with E-state index < -0.39 is 17.6 Å². The molecule has 24 heavy (non-hydrogen) atoms. The van der Waals surface area contributed by atoms with Gasteiger partial charge in [-0.25, -0.2) is 4.79 Å². The van der Waals surface area contributed by atoms with E-state index in [-0.39, 0.29) is 17.4 Å². The zero-order valence-electron chi connectivity index (χ0n) is 14.2. The number of para-hydroxylation sites is 1. The fourth-order valence-corrected chi connectivity index (χ4v) is 2.51. The summed E-state index contributed by atoms with van der Waals surface area (Å²) in [5.41, 5.74) is 5.37. The summed E-state index contributed by atoms with van der Waals surface area (Å²) in [7, 11) is 0. The normalized spacial score (nSPS) is 17.5. The maximum atomic E-state index is 12.4. The zero-order valence-corrected chi connectivity index (χ0v) is 14.2. The molecule has 1 saturated heterocycles. The van der Waals surface area contributed by atoms with Gasteiger partial charge in [0.15, 0.2) is 0 Å². The Labute approximate surface area is 141 Å². The highest BCUT2D eigenvalue weighted by Crippen LogP contribution is 2.22. The summed E-state index contributed by atoms with van der Waals surface area (Å²) in [6, 6.07) is 6.57. The maximum absolute atomic E-state index is 12.4. The maximum Gasteiger partial charge on any atom is 0.410 e. The molecule has 7 heteroatoms. The zero-order chi connectivity index (χ0) is 17.9. The molecule has 0 saturated carbocycles. The number of carbonyl (C=O) groups excluding carboxylic acids is 3. The highest BCUT2D eigenvalue weighted by atomic mass is 16.6. The molecule has 0 aliphatic carbocycles. The van der Waals surface area contributed by atoms with Crippen LogP contribution >= 0.6 is 0 Å². The lowest BCUT2D eigenvalue weighted by atomic mass is 10.1. The Balaban J connectivity index is 1.98. The number of anilines is 1. The summed E-state index contributed by atoms with van der Waals surface area (Å²) < 4.78 is 5.31. The molecule has 7 nitrogen and oxygen atoms in total. The van der Waals surface area contributed by atoms with E-state index in [2.05, 4.69) is 5.32 Å². The lowest BCUT2D eigenvalue weighted by Crippen LogP contribution is -2.36. The molecule has 1 fully saturated rings. The Hall–Kier alpha value is -2.57. The van der Waals surface area contributed by atoms with E-state index in [0.29, 0.717) is 25.2 Å². The Bertz CT molecular complexity index is 651. The lowest BCUT2D eigenvalue weighted by molar-refractivity contribution is -0.119. The predicted molar refractivity (Wildman–Crippen MR) is 89.5 cm³/mol. The minimum absolute atomic E-state index is 0.241. The van der Waals surface area contributed by atoms with Crippen LogP contribution in [-0.2, 0) is 9.53 Å². The molecule has 0 spiro atoms. The first-order valence-electron chi connectivity index (χ1n) is 7.85. The van der Waals surface area contributed by atoms with Crippen molar-refractivity contribution in [1.29, 1.82) is 0 Å². The molecule has 0 bridgehead atoms. The summed E-state index contributed by atoms with van der Waals surface area (Å²) in [5, 5.41) is 2.72. The summed E-state index contributed by atoms with van der Waals surface area (Å²) in [5.74, 6) is -1.19. The van der Waals surface area contributed by atoms with Gasteiger partial charge in [-0.3, -0.25) is 9.59 Å². The van der Waals surface area contributed by atoms with Gasteiger partial charge in [0.2, 0.25) is 5.91 Å². The van der Waals surface area contributed by atoms with Crippen LogP contribution in [0.3, 0.4) is 0 Å². The molecule has 1 aromatic rings. The van der Waals surface area contributed by atoms with Crippen LogP contribution in [0.2, 0.25) is 0 Å². The molecule has 3 N–H and O–H groups in total. The number of nitrogens with one attached hydrogen (secondary N) is 1. The average Bonchev–Trinajstić information content (AvgIpc) is 2.95. The van der Waals surface area contributed by atoms with E-state index in [0.717, 1.165) is 0 Å². The number of amides is 3. The van der Waals surface area contributed by atoms with Gasteiger partial charge in [-0.05, 0) is 39.3 Å². The number of carbonyl (C=O) groups is 3. The van der Waals surface area contributed by atoms with Crippen molar-refractivity contribution < 1.29 is 19.1 Å². The predicted octanol–water partition coefficient (Wildman–Crippen LogP) is 1.98. The molecule has 1 aliphatic rings. The number of likely N-dealkylation sites (tertiary alicyclic amines) is 1. The topological polar surface area (TPSA) is 102 Å². The number of hydrogen-bond acceptors (Lipinski definition) is 4. The summed E-state index contributed by atoms with van der Waals surface area (Å²) in [6.45, 7) is 6.15. The Morgan fingerprint density at radius 3 is 2.54 bits per heavy atom. The molecule has 130 valence electrons. The molecule has 2 rings (SSSR count). The molecule has 1 heterocycles. The highest BCUT2D eigenvalue weighted by molar-refractivity contribution is 6.03. The molecular formula is C17H23N3O4. The molecule has 0 aromatic heterocycles. The van der Waals surface area contributed by atoms with Crippen molar-refractivity contribution >= 4 is 23.6 Å². The van der Waals surface area contributed by atoms with Crippen LogP contribution in [0.25, 0.3) is 0 Å². The molecule has 1 aliphatic heterocycles. The first kappa shape index (κ1) is 17.8. The standard InChI is InChI=1S/C17H23N3O4/c1-17(2,3)24-16(23)20-9-8-11(10-20)15(22)19-13-7-5-4-6-12(13)14(18)21/h4-7,11H,8-10H2,1-3H3,(H2,18,21)(H,19,22). The molecular weight excluding hydrogens is 310 g/mol. The first-order valence-corrected chi connectivity index (χ1v) is 7.85. The van der Waals surface area contributed by atoms with E-state index in [4.69, 9.17) is 10.5 Å². The van der Waals surface area contributed by atoms with Crippen molar-refractivity contribution in [3.8, 4) is 0 Å². The first-order chi connectivity index (χ1) is 11.2. The van der Waals surface area contributed by atoms with Gasteiger partial charge in [0.05, 0.1) is 17.2 Å². The van der Waals surface area contributed by atoms with E-state index in [9.17, 15) is 14.4 Å². The van der Waals surface area contributed by atoms with Gasteiger partial charge in [0, 0.05) is 13.1 Å². The van der Waals surface area contributed by atoms with E-state index in [1.165, 1.54) is 4.90 Å². The van der Waals surface area contributed by atoms with Crippen molar-refractivity contribution in [2.75, 3.05) is 18.4 Å². The molecule has 1 atom stereocenters. The van der Waals surface area contributed by atoms with Crippen molar-refractivity contribution in [3.63, 3.8) is 0 Å². The van der Waals surface area contributed by atoms with Gasteiger partial charge in [0.1, 0.15) is 5.60 Å². The van der Waals surface area contributed by atoms with Gasteiger partial charge in [0.25, 0.3) is 5.91 Å². The van der Waals surface area contributed by atoms with Gasteiger partial charge in [-0.15, -0.1) is 0 Å². The Morgan fingerprint density at radius 2 is 1.92 bits per heavy atom. The quantitative estimate of drug-likeness (QED) is 0.883. The Morgan fingerprint density at radius 1 is 1.25 bits per heavy atom. The van der Waals surface area contributed by atoms with Gasteiger partial charge < -0.3 is 20.7 Å². The van der Waals surface area contributed by atoms with Gasteiger partial charge in [-0.2, -0.15) is 0 Å². The van der Waals surface area contributed by atoms with Crippen molar-refractivity contribution in [3.05, 3.63) is 29.8 Å². The van der Waals surface area contributed by atoms with Crippen molar-refractivity contribution in [1.82, 2.24) is 4.90 Å². The van der Waals surface area contributed by atoms with Gasteiger partial charge in [-0.1, -0.05) is 12.1 Å². The van der Waals surface area contributed by atoms with E-state index >= 15 is 0 Å². The number of rotatable bonds is 3. The largest absolute Gasteiger partial charge is 0.444 e. The van der Waals surface area contributed by atoms with Crippen LogP contribution in [0.4, 0.5) is 10.5 Å². The number of primary amides is 1. The van der Waals surface area contributed by atoms with Gasteiger partial charge >= 0.3 is 6.09 Å². The number of hydrogen-bond donors (Lipinski definition) is 2. The monoisotopic (exact) mass is 333 g/mol.